The molecule has 5 nitrogen and oxygen atoms in total. The Morgan fingerprint density at radius 2 is 2.08 bits per heavy atom. The Kier molecular flexibility index (Phi) is 5.67. The van der Waals surface area contributed by atoms with Crippen molar-refractivity contribution in [3.8, 4) is 5.75 Å². The van der Waals surface area contributed by atoms with Gasteiger partial charge in [-0.1, -0.05) is 27.7 Å². The molecular formula is C19H20BrN3O2S. The summed E-state index contributed by atoms with van der Waals surface area (Å²) in [4.78, 5) is 22.0. The highest BCUT2D eigenvalue weighted by atomic mass is 79.9. The van der Waals surface area contributed by atoms with Crippen LogP contribution in [0.1, 0.15) is 23.7 Å². The summed E-state index contributed by atoms with van der Waals surface area (Å²) in [6, 6.07) is 5.58. The van der Waals surface area contributed by atoms with Crippen LogP contribution in [0.3, 0.4) is 0 Å². The number of hydrogen-bond acceptors (Lipinski definition) is 5. The van der Waals surface area contributed by atoms with Gasteiger partial charge in [0.2, 0.25) is 0 Å². The van der Waals surface area contributed by atoms with Crippen LogP contribution in [-0.2, 0) is 12.3 Å². The summed E-state index contributed by atoms with van der Waals surface area (Å²) in [5.41, 5.74) is 3.66. The zero-order valence-electron chi connectivity index (χ0n) is 15.2. The largest absolute Gasteiger partial charge is 0.496 e. The topological polar surface area (TPSA) is 57.0 Å². The molecule has 136 valence electrons. The third kappa shape index (κ3) is 3.50. The molecule has 2 aromatic heterocycles. The standard InChI is InChI=1S/C19H20BrN3O2S/c1-5-23-18(24)14-8-13(20)6-7-15(14)22-19(23)26-10-16-12(3)17(25-4)11(2)9-21-16/h6-9H,5,10H2,1-4H3. The van der Waals surface area contributed by atoms with Gasteiger partial charge in [-0.15, -0.1) is 0 Å². The Labute approximate surface area is 164 Å². The van der Waals surface area contributed by atoms with E-state index in [1.54, 1.807) is 11.7 Å². The molecule has 0 amide bonds. The first kappa shape index (κ1) is 18.9. The molecule has 3 rings (SSSR count). The van der Waals surface area contributed by atoms with Gasteiger partial charge < -0.3 is 4.74 Å². The highest BCUT2D eigenvalue weighted by molar-refractivity contribution is 9.10. The van der Waals surface area contributed by atoms with Crippen molar-refractivity contribution in [2.24, 2.45) is 0 Å². The summed E-state index contributed by atoms with van der Waals surface area (Å²) >= 11 is 4.94. The van der Waals surface area contributed by atoms with Gasteiger partial charge in [-0.05, 0) is 39.0 Å². The minimum Gasteiger partial charge on any atom is -0.496 e. The average molecular weight is 434 g/mol. The second-order valence-electron chi connectivity index (χ2n) is 5.94. The normalized spacial score (nSPS) is 11.1. The quantitative estimate of drug-likeness (QED) is 0.438. The van der Waals surface area contributed by atoms with E-state index in [0.717, 1.165) is 27.0 Å². The summed E-state index contributed by atoms with van der Waals surface area (Å²) in [6.07, 6.45) is 1.82. The maximum atomic E-state index is 12.8. The van der Waals surface area contributed by atoms with E-state index in [0.29, 0.717) is 28.4 Å². The molecule has 0 fully saturated rings. The van der Waals surface area contributed by atoms with Gasteiger partial charge >= 0.3 is 0 Å². The first-order valence-electron chi connectivity index (χ1n) is 8.28. The lowest BCUT2D eigenvalue weighted by Gasteiger charge is -2.14. The van der Waals surface area contributed by atoms with Gasteiger partial charge in [-0.25, -0.2) is 4.98 Å². The number of aromatic nitrogens is 3. The Morgan fingerprint density at radius 1 is 1.31 bits per heavy atom. The molecular weight excluding hydrogens is 414 g/mol. The fourth-order valence-corrected chi connectivity index (χ4v) is 4.36. The van der Waals surface area contributed by atoms with Gasteiger partial charge in [0.15, 0.2) is 5.16 Å². The molecule has 0 bridgehead atoms. The van der Waals surface area contributed by atoms with E-state index in [4.69, 9.17) is 9.72 Å². The van der Waals surface area contributed by atoms with Crippen molar-refractivity contribution < 1.29 is 4.74 Å². The first-order valence-corrected chi connectivity index (χ1v) is 10.1. The summed E-state index contributed by atoms with van der Waals surface area (Å²) in [5, 5.41) is 1.32. The molecule has 26 heavy (non-hydrogen) atoms. The number of rotatable bonds is 5. The second-order valence-corrected chi connectivity index (χ2v) is 7.80. The molecule has 0 N–H and O–H groups in total. The highest BCUT2D eigenvalue weighted by Crippen LogP contribution is 2.29. The molecule has 0 saturated heterocycles. The summed E-state index contributed by atoms with van der Waals surface area (Å²) in [6.45, 7) is 6.51. The Morgan fingerprint density at radius 3 is 2.77 bits per heavy atom. The number of fused-ring (bicyclic) bond motifs is 1. The van der Waals surface area contributed by atoms with Crippen molar-refractivity contribution in [1.82, 2.24) is 14.5 Å². The van der Waals surface area contributed by atoms with E-state index in [-0.39, 0.29) is 5.56 Å². The van der Waals surface area contributed by atoms with Gasteiger partial charge in [0.1, 0.15) is 5.75 Å². The number of benzene rings is 1. The van der Waals surface area contributed by atoms with Crippen LogP contribution in [0.2, 0.25) is 0 Å². The van der Waals surface area contributed by atoms with Crippen LogP contribution in [0.5, 0.6) is 5.75 Å². The Balaban J connectivity index is 1.99. The van der Waals surface area contributed by atoms with Gasteiger partial charge in [-0.3, -0.25) is 14.3 Å². The first-order chi connectivity index (χ1) is 12.5. The maximum Gasteiger partial charge on any atom is 0.262 e. The van der Waals surface area contributed by atoms with Crippen LogP contribution in [0.25, 0.3) is 10.9 Å². The van der Waals surface area contributed by atoms with Crippen LogP contribution in [0.15, 0.2) is 38.8 Å². The lowest BCUT2D eigenvalue weighted by Crippen LogP contribution is -2.22. The predicted molar refractivity (Wildman–Crippen MR) is 109 cm³/mol. The summed E-state index contributed by atoms with van der Waals surface area (Å²) in [7, 11) is 1.67. The van der Waals surface area contributed by atoms with E-state index in [2.05, 4.69) is 20.9 Å². The minimum atomic E-state index is -0.0209. The van der Waals surface area contributed by atoms with E-state index >= 15 is 0 Å². The molecule has 0 aliphatic heterocycles. The number of methoxy groups -OCH3 is 1. The number of halogens is 1. The molecule has 0 unspecified atom stereocenters. The fourth-order valence-electron chi connectivity index (χ4n) is 2.91. The molecule has 0 radical (unpaired) electrons. The number of pyridine rings is 1. The zero-order valence-corrected chi connectivity index (χ0v) is 17.6. The SMILES string of the molecule is CCn1c(SCc2ncc(C)c(OC)c2C)nc2ccc(Br)cc2c1=O. The predicted octanol–water partition coefficient (Wildman–Crippen LogP) is 4.49. The van der Waals surface area contributed by atoms with Crippen molar-refractivity contribution in [3.05, 3.63) is 56.0 Å². The molecule has 0 saturated carbocycles. The highest BCUT2D eigenvalue weighted by Gasteiger charge is 2.14. The van der Waals surface area contributed by atoms with Crippen molar-refractivity contribution >= 4 is 38.6 Å². The summed E-state index contributed by atoms with van der Waals surface area (Å²) < 4.78 is 8.06. The zero-order chi connectivity index (χ0) is 18.8. The Hall–Kier alpha value is -1.86. The minimum absolute atomic E-state index is 0.0209. The number of thioether (sulfide) groups is 1. The lowest BCUT2D eigenvalue weighted by molar-refractivity contribution is 0.407. The molecule has 0 aliphatic carbocycles. The van der Waals surface area contributed by atoms with Gasteiger partial charge in [0, 0.05) is 34.1 Å². The van der Waals surface area contributed by atoms with E-state index in [9.17, 15) is 4.79 Å². The van der Waals surface area contributed by atoms with E-state index in [1.807, 2.05) is 45.2 Å². The van der Waals surface area contributed by atoms with Crippen LogP contribution in [0, 0.1) is 13.8 Å². The fraction of sp³-hybridized carbons (Fsp3) is 0.316. The number of nitrogens with zero attached hydrogens (tertiary/aromatic N) is 3. The summed E-state index contributed by atoms with van der Waals surface area (Å²) in [5.74, 6) is 1.48. The van der Waals surface area contributed by atoms with Crippen molar-refractivity contribution in [3.63, 3.8) is 0 Å². The van der Waals surface area contributed by atoms with Crippen molar-refractivity contribution in [2.45, 2.75) is 38.2 Å². The Bertz CT molecular complexity index is 1030. The van der Waals surface area contributed by atoms with Gasteiger partial charge in [-0.2, -0.15) is 0 Å². The van der Waals surface area contributed by atoms with E-state index in [1.165, 1.54) is 11.8 Å². The van der Waals surface area contributed by atoms with Crippen LogP contribution >= 0.6 is 27.7 Å². The van der Waals surface area contributed by atoms with Crippen LogP contribution in [0.4, 0.5) is 0 Å². The number of ether oxygens (including phenoxy) is 1. The van der Waals surface area contributed by atoms with E-state index < -0.39 is 0 Å². The monoisotopic (exact) mass is 433 g/mol. The molecule has 0 aliphatic rings. The van der Waals surface area contributed by atoms with Crippen LogP contribution < -0.4 is 10.3 Å². The molecule has 7 heteroatoms. The second kappa shape index (κ2) is 7.80. The van der Waals surface area contributed by atoms with Crippen molar-refractivity contribution in [1.29, 1.82) is 0 Å². The third-order valence-electron chi connectivity index (χ3n) is 4.29. The number of aryl methyl sites for hydroxylation is 1. The molecule has 1 aromatic carbocycles. The smallest absolute Gasteiger partial charge is 0.262 e. The maximum absolute atomic E-state index is 12.8. The van der Waals surface area contributed by atoms with Crippen LogP contribution in [-0.4, -0.2) is 21.6 Å². The molecule has 0 atom stereocenters. The molecule has 0 spiro atoms. The number of hydrogen-bond donors (Lipinski definition) is 0. The van der Waals surface area contributed by atoms with Crippen molar-refractivity contribution in [2.75, 3.05) is 7.11 Å². The van der Waals surface area contributed by atoms with Gasteiger partial charge in [0.25, 0.3) is 5.56 Å². The third-order valence-corrected chi connectivity index (χ3v) is 5.77. The molecule has 2 heterocycles. The molecule has 3 aromatic rings. The lowest BCUT2D eigenvalue weighted by atomic mass is 10.1. The van der Waals surface area contributed by atoms with Gasteiger partial charge in [0.05, 0.1) is 23.7 Å². The average Bonchev–Trinajstić information content (AvgIpc) is 2.62.